The number of fused-ring (bicyclic) bond motifs is 3. The zero-order valence-electron chi connectivity index (χ0n) is 57.2. The summed E-state index contributed by atoms with van der Waals surface area (Å²) in [5.41, 5.74) is 18.5. The van der Waals surface area contributed by atoms with E-state index in [1.54, 1.807) is 0 Å². The van der Waals surface area contributed by atoms with Crippen molar-refractivity contribution >= 4 is 23.5 Å². The second kappa shape index (κ2) is 27.1. The van der Waals surface area contributed by atoms with Crippen molar-refractivity contribution in [2.75, 3.05) is 34.0 Å². The molecular weight excluding hydrogens is 1140 g/mol. The molecule has 2 saturated carbocycles. The SMILES string of the molecule is C=C(C)c1ccc(C)c(C(OC(C)(C)C)C(=O)OC)c1-c1ccc2c(c1)CCCO2.COC(=O)C(OC(C)(C)C)c1c(C)ccc(C2(C)CC2)c1-c1ccc2c(c1)CCCO2.Cc1ccc(C2(C)CC2)c(-c2ccc3c(c2)CCCO3)c1C(OC(C)(C)C)C(=O)O. The molecule has 0 aromatic heterocycles. The van der Waals surface area contributed by atoms with E-state index in [4.69, 9.17) is 37.9 Å². The number of allylic oxidation sites excluding steroid dienone is 1. The van der Waals surface area contributed by atoms with Crippen molar-refractivity contribution in [3.8, 4) is 50.6 Å². The molecule has 0 saturated heterocycles. The van der Waals surface area contributed by atoms with Crippen molar-refractivity contribution in [3.63, 3.8) is 0 Å². The Morgan fingerprint density at radius 3 is 1.12 bits per heavy atom. The van der Waals surface area contributed by atoms with Gasteiger partial charge in [0.15, 0.2) is 18.3 Å². The Kier molecular flexibility index (Phi) is 20.3. The average molecular weight is 1240 g/mol. The average Bonchev–Trinajstić information content (AvgIpc) is 1.69. The first kappa shape index (κ1) is 68.1. The van der Waals surface area contributed by atoms with Gasteiger partial charge in [0.1, 0.15) is 17.2 Å². The molecule has 91 heavy (non-hydrogen) atoms. The van der Waals surface area contributed by atoms with Crippen LogP contribution in [0, 0.1) is 20.8 Å². The molecule has 0 amide bonds. The summed E-state index contributed by atoms with van der Waals surface area (Å²) in [7, 11) is 2.83. The minimum Gasteiger partial charge on any atom is -0.493 e. The largest absolute Gasteiger partial charge is 0.493 e. The number of carbonyl (C=O) groups is 3. The minimum atomic E-state index is -1.02. The molecule has 6 aromatic carbocycles. The van der Waals surface area contributed by atoms with Crippen LogP contribution in [-0.4, -0.2) is 73.9 Å². The number of rotatable bonds is 15. The third kappa shape index (κ3) is 15.8. The Labute approximate surface area is 541 Å². The molecular formula is C79H98O12. The van der Waals surface area contributed by atoms with Crippen LogP contribution in [0.2, 0.25) is 0 Å². The van der Waals surface area contributed by atoms with Gasteiger partial charge in [-0.3, -0.25) is 0 Å². The maximum absolute atomic E-state index is 13.0. The highest BCUT2D eigenvalue weighted by Gasteiger charge is 2.45. The van der Waals surface area contributed by atoms with Crippen LogP contribution in [-0.2, 0) is 68.2 Å². The molecule has 3 aliphatic heterocycles. The molecule has 0 spiro atoms. The van der Waals surface area contributed by atoms with E-state index in [9.17, 15) is 19.5 Å². The highest BCUT2D eigenvalue weighted by molar-refractivity contribution is 5.89. The van der Waals surface area contributed by atoms with Gasteiger partial charge in [-0.15, -0.1) is 0 Å². The molecule has 486 valence electrons. The summed E-state index contributed by atoms with van der Waals surface area (Å²) in [4.78, 5) is 38.2. The second-order valence-electron chi connectivity index (χ2n) is 29.1. The molecule has 3 heterocycles. The van der Waals surface area contributed by atoms with Crippen molar-refractivity contribution in [1.82, 2.24) is 0 Å². The van der Waals surface area contributed by atoms with Gasteiger partial charge >= 0.3 is 17.9 Å². The predicted molar refractivity (Wildman–Crippen MR) is 362 cm³/mol. The summed E-state index contributed by atoms with van der Waals surface area (Å²) < 4.78 is 46.5. The Morgan fingerprint density at radius 1 is 0.484 bits per heavy atom. The molecule has 12 nitrogen and oxygen atoms in total. The molecule has 3 unspecified atom stereocenters. The summed E-state index contributed by atoms with van der Waals surface area (Å²) in [6.45, 7) is 36.5. The van der Waals surface area contributed by atoms with E-state index >= 15 is 0 Å². The molecule has 6 aromatic rings. The summed E-state index contributed by atoms with van der Waals surface area (Å²) in [5.74, 6) is 1.13. The van der Waals surface area contributed by atoms with Gasteiger partial charge in [0, 0.05) is 16.7 Å². The van der Waals surface area contributed by atoms with E-state index in [1.165, 1.54) is 42.0 Å². The van der Waals surface area contributed by atoms with Gasteiger partial charge in [-0.05, 0) is 285 Å². The smallest absolute Gasteiger partial charge is 0.339 e. The highest BCUT2D eigenvalue weighted by Crippen LogP contribution is 2.55. The number of aryl methyl sites for hydroxylation is 6. The summed E-state index contributed by atoms with van der Waals surface area (Å²) in [6, 6.07) is 31.7. The first-order chi connectivity index (χ1) is 42.8. The fraction of sp³-hybridized carbons (Fsp3) is 0.481. The van der Waals surface area contributed by atoms with Crippen LogP contribution in [0.15, 0.2) is 97.6 Å². The zero-order valence-corrected chi connectivity index (χ0v) is 57.2. The van der Waals surface area contributed by atoms with E-state index in [0.717, 1.165) is 179 Å². The molecule has 3 atom stereocenters. The summed E-state index contributed by atoms with van der Waals surface area (Å²) in [5, 5.41) is 10.1. The van der Waals surface area contributed by atoms with Crippen molar-refractivity contribution in [3.05, 3.63) is 164 Å². The summed E-state index contributed by atoms with van der Waals surface area (Å²) >= 11 is 0. The van der Waals surface area contributed by atoms with Crippen LogP contribution in [0.4, 0.5) is 0 Å². The van der Waals surface area contributed by atoms with E-state index < -0.39 is 47.1 Å². The molecule has 1 N–H and O–H groups in total. The van der Waals surface area contributed by atoms with E-state index in [2.05, 4.69) is 100 Å². The van der Waals surface area contributed by atoms with Crippen LogP contribution in [0.3, 0.4) is 0 Å². The molecule has 2 aliphatic carbocycles. The normalized spacial score (nSPS) is 16.9. The van der Waals surface area contributed by atoms with Crippen LogP contribution >= 0.6 is 0 Å². The lowest BCUT2D eigenvalue weighted by atomic mass is 9.82. The van der Waals surface area contributed by atoms with Crippen molar-refractivity contribution in [2.24, 2.45) is 0 Å². The Hall–Kier alpha value is -7.25. The number of aliphatic carboxylic acids is 1. The quantitative estimate of drug-likeness (QED) is 0.0977. The molecule has 0 radical (unpaired) electrons. The number of carbonyl (C=O) groups excluding carboxylic acids is 2. The third-order valence-electron chi connectivity index (χ3n) is 18.0. The van der Waals surface area contributed by atoms with Crippen molar-refractivity contribution in [2.45, 2.75) is 214 Å². The van der Waals surface area contributed by atoms with E-state index in [-0.39, 0.29) is 16.8 Å². The van der Waals surface area contributed by atoms with Gasteiger partial charge in [0.2, 0.25) is 0 Å². The van der Waals surface area contributed by atoms with Crippen molar-refractivity contribution < 1.29 is 57.4 Å². The fourth-order valence-electron chi connectivity index (χ4n) is 12.9. The highest BCUT2D eigenvalue weighted by atomic mass is 16.6. The number of esters is 2. The number of hydrogen-bond acceptors (Lipinski definition) is 11. The number of hydrogen-bond donors (Lipinski definition) is 1. The van der Waals surface area contributed by atoms with E-state index in [1.807, 2.05) is 101 Å². The second-order valence-corrected chi connectivity index (χ2v) is 29.1. The lowest BCUT2D eigenvalue weighted by Gasteiger charge is -2.31. The standard InChI is InChI=1S/C27H34O4.2C26H32O4/c1-17-9-11-20(27(5)13-14-27)23(19-10-12-21-18(16-19)8-7-15-30-21)22(17)24(25(28)29-6)31-26(2,3)4;1-16-8-10-19(26(5)12-13-26)22(21(16)23(24(27)28)30-25(2,3)4)18-9-11-20-17(15-18)7-6-14-29-20;1-16(2)20-12-10-17(3)22(24(25(27)28-7)30-26(4,5)6)23(20)19-11-13-21-18(15-19)9-8-14-29-21/h9-12,16,24H,7-8,13-15H2,1-6H3;8-11,15,23H,6-7,12-14H2,1-5H3,(H,27,28);10-13,15,24H,1,8-9,14H2,2-7H3. The van der Waals surface area contributed by atoms with Crippen LogP contribution in [0.25, 0.3) is 39.0 Å². The lowest BCUT2D eigenvalue weighted by Crippen LogP contribution is -2.29. The number of methoxy groups -OCH3 is 2. The van der Waals surface area contributed by atoms with Gasteiger partial charge in [0.05, 0.1) is 50.8 Å². The minimum absolute atomic E-state index is 0.0922. The number of carboxylic acid groups (broad SMARTS) is 1. The van der Waals surface area contributed by atoms with Gasteiger partial charge in [-0.1, -0.05) is 80.6 Å². The van der Waals surface area contributed by atoms with Gasteiger partial charge < -0.3 is 43.0 Å². The molecule has 11 rings (SSSR count). The lowest BCUT2D eigenvalue weighted by molar-refractivity contribution is -0.164. The third-order valence-corrected chi connectivity index (χ3v) is 18.0. The maximum Gasteiger partial charge on any atom is 0.339 e. The topological polar surface area (TPSA) is 145 Å². The van der Waals surface area contributed by atoms with E-state index in [0.29, 0.717) is 0 Å². The fourth-order valence-corrected chi connectivity index (χ4v) is 12.9. The maximum atomic E-state index is 13.0. The Bertz CT molecular complexity index is 3710. The van der Waals surface area contributed by atoms with Crippen LogP contribution in [0.5, 0.6) is 17.2 Å². The van der Waals surface area contributed by atoms with Gasteiger partial charge in [0.25, 0.3) is 0 Å². The first-order valence-electron chi connectivity index (χ1n) is 32.6. The Morgan fingerprint density at radius 2 is 0.802 bits per heavy atom. The number of ether oxygens (including phenoxy) is 8. The zero-order chi connectivity index (χ0) is 66.1. The predicted octanol–water partition coefficient (Wildman–Crippen LogP) is 18.1. The van der Waals surface area contributed by atoms with Crippen LogP contribution < -0.4 is 14.2 Å². The van der Waals surface area contributed by atoms with Gasteiger partial charge in [-0.25, -0.2) is 14.4 Å². The van der Waals surface area contributed by atoms with Crippen molar-refractivity contribution in [1.29, 1.82) is 0 Å². The van der Waals surface area contributed by atoms with Gasteiger partial charge in [-0.2, -0.15) is 0 Å². The molecule has 2 fully saturated rings. The van der Waals surface area contributed by atoms with Crippen LogP contribution in [0.1, 0.15) is 213 Å². The summed E-state index contributed by atoms with van der Waals surface area (Å²) in [6.07, 6.45) is 7.91. The Balaban J connectivity index is 0.000000162. The first-order valence-corrected chi connectivity index (χ1v) is 32.6. The molecule has 0 bridgehead atoms. The monoisotopic (exact) mass is 1240 g/mol. The number of benzene rings is 6. The number of carboxylic acids is 1. The molecule has 12 heteroatoms. The molecule has 5 aliphatic rings.